The number of H-pyrrole nitrogens is 1. The van der Waals surface area contributed by atoms with Gasteiger partial charge in [0.05, 0.1) is 13.7 Å². The first kappa shape index (κ1) is 8.69. The summed E-state index contributed by atoms with van der Waals surface area (Å²) in [5, 5.41) is 8.78. The standard InChI is InChI=1S/C6H9N3O3/c1-12-9-5-4(3-10)2-7-6(11)8-5/h2,10H,3H2,1H3,(H2,7,8,9,11). The van der Waals surface area contributed by atoms with Crippen molar-refractivity contribution in [2.75, 3.05) is 12.6 Å². The van der Waals surface area contributed by atoms with Crippen LogP contribution in [-0.4, -0.2) is 22.2 Å². The van der Waals surface area contributed by atoms with Gasteiger partial charge in [-0.15, -0.1) is 0 Å². The summed E-state index contributed by atoms with van der Waals surface area (Å²) in [6.45, 7) is -0.213. The third kappa shape index (κ3) is 1.80. The summed E-state index contributed by atoms with van der Waals surface area (Å²) in [6, 6.07) is 0. The van der Waals surface area contributed by atoms with Gasteiger partial charge in [0.1, 0.15) is 5.82 Å². The van der Waals surface area contributed by atoms with E-state index >= 15 is 0 Å². The third-order valence-electron chi connectivity index (χ3n) is 1.27. The van der Waals surface area contributed by atoms with Crippen LogP contribution in [0.1, 0.15) is 5.56 Å². The van der Waals surface area contributed by atoms with Gasteiger partial charge in [-0.25, -0.2) is 9.78 Å². The number of aromatic amines is 1. The molecule has 6 heteroatoms. The number of nitrogens with zero attached hydrogens (tertiary/aromatic N) is 1. The van der Waals surface area contributed by atoms with Gasteiger partial charge in [-0.05, 0) is 0 Å². The van der Waals surface area contributed by atoms with E-state index in [2.05, 4.69) is 20.3 Å². The van der Waals surface area contributed by atoms with E-state index in [0.29, 0.717) is 11.4 Å². The van der Waals surface area contributed by atoms with Gasteiger partial charge in [-0.2, -0.15) is 0 Å². The maximum atomic E-state index is 10.7. The average Bonchev–Trinajstić information content (AvgIpc) is 2.05. The normalized spacial score (nSPS) is 9.83. The number of nitrogens with one attached hydrogen (secondary N) is 2. The molecule has 0 amide bonds. The van der Waals surface area contributed by atoms with Crippen LogP contribution >= 0.6 is 0 Å². The van der Waals surface area contributed by atoms with Gasteiger partial charge >= 0.3 is 5.69 Å². The van der Waals surface area contributed by atoms with Crippen LogP contribution in [0.5, 0.6) is 0 Å². The van der Waals surface area contributed by atoms with Gasteiger partial charge < -0.3 is 5.11 Å². The Morgan fingerprint density at radius 1 is 1.83 bits per heavy atom. The molecule has 0 atom stereocenters. The van der Waals surface area contributed by atoms with Crippen LogP contribution < -0.4 is 11.2 Å². The number of hydrogen-bond acceptors (Lipinski definition) is 5. The van der Waals surface area contributed by atoms with E-state index in [0.717, 1.165) is 0 Å². The Hall–Kier alpha value is -1.40. The lowest BCUT2D eigenvalue weighted by molar-refractivity contribution is 0.259. The van der Waals surface area contributed by atoms with Gasteiger partial charge in [0.2, 0.25) is 0 Å². The lowest BCUT2D eigenvalue weighted by atomic mass is 10.3. The molecule has 12 heavy (non-hydrogen) atoms. The highest BCUT2D eigenvalue weighted by atomic mass is 16.6. The van der Waals surface area contributed by atoms with Crippen molar-refractivity contribution in [2.24, 2.45) is 0 Å². The zero-order chi connectivity index (χ0) is 8.97. The van der Waals surface area contributed by atoms with Crippen molar-refractivity contribution in [3.05, 3.63) is 22.2 Å². The molecule has 0 aromatic carbocycles. The molecule has 1 heterocycles. The van der Waals surface area contributed by atoms with Crippen LogP contribution in [0.15, 0.2) is 11.0 Å². The fourth-order valence-corrected chi connectivity index (χ4v) is 0.734. The number of rotatable bonds is 3. The van der Waals surface area contributed by atoms with Crippen LogP contribution in [0.2, 0.25) is 0 Å². The van der Waals surface area contributed by atoms with E-state index in [9.17, 15) is 4.79 Å². The number of aromatic nitrogens is 2. The average molecular weight is 171 g/mol. The van der Waals surface area contributed by atoms with Crippen LogP contribution in [0.3, 0.4) is 0 Å². The van der Waals surface area contributed by atoms with Crippen LogP contribution in [0.25, 0.3) is 0 Å². The van der Waals surface area contributed by atoms with Crippen LogP contribution in [-0.2, 0) is 11.4 Å². The molecule has 0 saturated carbocycles. The van der Waals surface area contributed by atoms with Gasteiger partial charge in [0.25, 0.3) is 0 Å². The summed E-state index contributed by atoms with van der Waals surface area (Å²) in [4.78, 5) is 21.0. The Kier molecular flexibility index (Phi) is 2.78. The highest BCUT2D eigenvalue weighted by Gasteiger charge is 2.01. The molecule has 0 bridgehead atoms. The summed E-state index contributed by atoms with van der Waals surface area (Å²) in [5.74, 6) is 0.319. The second-order valence-electron chi connectivity index (χ2n) is 2.05. The first-order chi connectivity index (χ1) is 5.77. The second-order valence-corrected chi connectivity index (χ2v) is 2.05. The van der Waals surface area contributed by atoms with Crippen molar-refractivity contribution in [2.45, 2.75) is 6.61 Å². The monoisotopic (exact) mass is 171 g/mol. The quantitative estimate of drug-likeness (QED) is 0.520. The molecule has 66 valence electrons. The van der Waals surface area contributed by atoms with Gasteiger partial charge in [-0.1, -0.05) is 0 Å². The fourth-order valence-electron chi connectivity index (χ4n) is 0.734. The summed E-state index contributed by atoms with van der Waals surface area (Å²) in [5.41, 5.74) is 2.39. The molecule has 6 nitrogen and oxygen atoms in total. The molecular formula is C6H9N3O3. The Balaban J connectivity index is 3.03. The Bertz CT molecular complexity index is 309. The Morgan fingerprint density at radius 3 is 3.17 bits per heavy atom. The maximum Gasteiger partial charge on any atom is 0.346 e. The van der Waals surface area contributed by atoms with Crippen molar-refractivity contribution in [3.8, 4) is 0 Å². The first-order valence-corrected chi connectivity index (χ1v) is 3.26. The second kappa shape index (κ2) is 3.84. The van der Waals surface area contributed by atoms with Crippen molar-refractivity contribution >= 4 is 5.82 Å². The molecule has 1 aromatic rings. The van der Waals surface area contributed by atoms with Crippen molar-refractivity contribution in [3.63, 3.8) is 0 Å². The molecule has 0 spiro atoms. The minimum atomic E-state index is -0.494. The molecule has 1 rings (SSSR count). The maximum absolute atomic E-state index is 10.7. The highest BCUT2D eigenvalue weighted by molar-refractivity contribution is 5.39. The zero-order valence-electron chi connectivity index (χ0n) is 6.50. The van der Waals surface area contributed by atoms with Crippen molar-refractivity contribution in [1.29, 1.82) is 0 Å². The minimum absolute atomic E-state index is 0.213. The molecule has 0 radical (unpaired) electrons. The molecule has 0 fully saturated rings. The highest BCUT2D eigenvalue weighted by Crippen LogP contribution is 2.06. The molecular weight excluding hydrogens is 162 g/mol. The Morgan fingerprint density at radius 2 is 2.58 bits per heavy atom. The van der Waals surface area contributed by atoms with E-state index in [1.165, 1.54) is 13.3 Å². The number of anilines is 1. The lowest BCUT2D eigenvalue weighted by Crippen LogP contribution is -2.15. The van der Waals surface area contributed by atoms with Gasteiger partial charge in [0.15, 0.2) is 0 Å². The molecule has 0 unspecified atom stereocenters. The molecule has 1 aromatic heterocycles. The Labute approximate surface area is 68.2 Å². The van der Waals surface area contributed by atoms with Crippen molar-refractivity contribution in [1.82, 2.24) is 9.97 Å². The SMILES string of the molecule is CONc1[nH]c(=O)ncc1CO. The fraction of sp³-hybridized carbons (Fsp3) is 0.333. The summed E-state index contributed by atoms with van der Waals surface area (Å²) in [6.07, 6.45) is 1.28. The summed E-state index contributed by atoms with van der Waals surface area (Å²) >= 11 is 0. The van der Waals surface area contributed by atoms with E-state index in [1.54, 1.807) is 0 Å². The lowest BCUT2D eigenvalue weighted by Gasteiger charge is -2.05. The topological polar surface area (TPSA) is 87.2 Å². The largest absolute Gasteiger partial charge is 0.391 e. The van der Waals surface area contributed by atoms with Gasteiger partial charge in [-0.3, -0.25) is 15.3 Å². The summed E-state index contributed by atoms with van der Waals surface area (Å²) in [7, 11) is 1.40. The summed E-state index contributed by atoms with van der Waals surface area (Å²) < 4.78 is 0. The number of hydrogen-bond donors (Lipinski definition) is 3. The molecule has 3 N–H and O–H groups in total. The number of aliphatic hydroxyl groups is 1. The van der Waals surface area contributed by atoms with E-state index in [-0.39, 0.29) is 6.61 Å². The first-order valence-electron chi connectivity index (χ1n) is 3.26. The molecule has 0 aliphatic heterocycles. The van der Waals surface area contributed by atoms with Crippen LogP contribution in [0.4, 0.5) is 5.82 Å². The molecule has 0 aliphatic carbocycles. The van der Waals surface area contributed by atoms with E-state index in [1.807, 2.05) is 0 Å². The zero-order valence-corrected chi connectivity index (χ0v) is 6.50. The van der Waals surface area contributed by atoms with E-state index in [4.69, 9.17) is 5.11 Å². The molecule has 0 aliphatic rings. The van der Waals surface area contributed by atoms with Crippen molar-refractivity contribution < 1.29 is 9.94 Å². The predicted octanol–water partition coefficient (Wildman–Crippen LogP) is -0.765. The minimum Gasteiger partial charge on any atom is -0.391 e. The third-order valence-corrected chi connectivity index (χ3v) is 1.27. The van der Waals surface area contributed by atoms with E-state index < -0.39 is 5.69 Å². The molecule has 0 saturated heterocycles. The smallest absolute Gasteiger partial charge is 0.346 e. The predicted molar refractivity (Wildman–Crippen MR) is 41.4 cm³/mol. The van der Waals surface area contributed by atoms with Crippen LogP contribution in [0, 0.1) is 0 Å². The van der Waals surface area contributed by atoms with Gasteiger partial charge in [0, 0.05) is 11.8 Å². The number of aliphatic hydroxyl groups excluding tert-OH is 1.